The Bertz CT molecular complexity index is 1130. The Balaban J connectivity index is 1.39. The van der Waals surface area contributed by atoms with Crippen LogP contribution in [0.5, 0.6) is 0 Å². The zero-order valence-corrected chi connectivity index (χ0v) is 16.2. The molecule has 28 heavy (non-hydrogen) atoms. The molecule has 0 aliphatic heterocycles. The van der Waals surface area contributed by atoms with Gasteiger partial charge in [-0.05, 0) is 55.0 Å². The van der Waals surface area contributed by atoms with Gasteiger partial charge in [0.25, 0.3) is 5.91 Å². The first kappa shape index (κ1) is 18.0. The first-order valence-electron chi connectivity index (χ1n) is 8.94. The van der Waals surface area contributed by atoms with Crippen LogP contribution in [0.3, 0.4) is 0 Å². The van der Waals surface area contributed by atoms with Crippen molar-refractivity contribution in [2.24, 2.45) is 0 Å². The molecule has 0 aliphatic rings. The molecule has 0 radical (unpaired) electrons. The minimum absolute atomic E-state index is 0.179. The van der Waals surface area contributed by atoms with E-state index in [1.165, 1.54) is 4.70 Å². The predicted molar refractivity (Wildman–Crippen MR) is 117 cm³/mol. The number of hydrogen-bond donors (Lipinski definition) is 3. The number of para-hydroxylation sites is 2. The zero-order chi connectivity index (χ0) is 19.5. The van der Waals surface area contributed by atoms with E-state index in [1.54, 1.807) is 23.5 Å². The summed E-state index contributed by atoms with van der Waals surface area (Å²) in [6.07, 6.45) is 0. The Hall–Kier alpha value is -3.38. The summed E-state index contributed by atoms with van der Waals surface area (Å²) >= 11 is 1.70. The number of carbonyl (C=O) groups is 1. The lowest BCUT2D eigenvalue weighted by atomic mass is 10.1. The summed E-state index contributed by atoms with van der Waals surface area (Å²) in [6, 6.07) is 21.0. The summed E-state index contributed by atoms with van der Waals surface area (Å²) in [4.78, 5) is 16.9. The van der Waals surface area contributed by atoms with Crippen LogP contribution in [-0.4, -0.2) is 10.9 Å². The molecule has 0 spiro atoms. The van der Waals surface area contributed by atoms with E-state index in [1.807, 2.05) is 43.3 Å². The normalized spacial score (nSPS) is 10.8. The molecular weight excluding hydrogens is 368 g/mol. The van der Waals surface area contributed by atoms with Crippen molar-refractivity contribution in [2.75, 3.05) is 16.4 Å². The number of thiazole rings is 1. The lowest BCUT2D eigenvalue weighted by Crippen LogP contribution is -2.13. The van der Waals surface area contributed by atoms with E-state index in [9.17, 15) is 4.79 Å². The standard InChI is InChI=1S/C22H20N4OS/c1-14-25-20-12-17(10-11-21(20)28-14)24-13-15-6-8-16(9-7-15)22(27)26-19-5-3-2-4-18(19)23/h2-12,24H,13,23H2,1H3,(H,26,27). The third-order valence-electron chi connectivity index (χ3n) is 4.42. The molecule has 0 fully saturated rings. The largest absolute Gasteiger partial charge is 0.397 e. The summed E-state index contributed by atoms with van der Waals surface area (Å²) in [5, 5.41) is 7.31. The Morgan fingerprint density at radius 3 is 2.64 bits per heavy atom. The molecule has 4 N–H and O–H groups in total. The molecule has 4 rings (SSSR count). The number of nitrogen functional groups attached to an aromatic ring is 1. The fourth-order valence-corrected chi connectivity index (χ4v) is 3.74. The summed E-state index contributed by atoms with van der Waals surface area (Å²) in [5.74, 6) is -0.179. The third-order valence-corrected chi connectivity index (χ3v) is 5.37. The number of nitrogens with one attached hydrogen (secondary N) is 2. The second-order valence-corrected chi connectivity index (χ2v) is 7.74. The van der Waals surface area contributed by atoms with Crippen LogP contribution >= 0.6 is 11.3 Å². The molecular formula is C22H20N4OS. The van der Waals surface area contributed by atoms with E-state index in [0.717, 1.165) is 21.8 Å². The highest BCUT2D eigenvalue weighted by Crippen LogP contribution is 2.24. The number of aryl methyl sites for hydroxylation is 1. The first-order chi connectivity index (χ1) is 13.6. The summed E-state index contributed by atoms with van der Waals surface area (Å²) in [5.41, 5.74) is 10.8. The van der Waals surface area contributed by atoms with Crippen LogP contribution < -0.4 is 16.4 Å². The number of fused-ring (bicyclic) bond motifs is 1. The van der Waals surface area contributed by atoms with Gasteiger partial charge >= 0.3 is 0 Å². The molecule has 0 atom stereocenters. The SMILES string of the molecule is Cc1nc2cc(NCc3ccc(C(=O)Nc4ccccc4N)cc3)ccc2s1. The van der Waals surface area contributed by atoms with Gasteiger partial charge in [0.05, 0.1) is 26.6 Å². The molecule has 0 saturated carbocycles. The third kappa shape index (κ3) is 3.97. The Morgan fingerprint density at radius 1 is 1.07 bits per heavy atom. The van der Waals surface area contributed by atoms with E-state index < -0.39 is 0 Å². The molecule has 1 aromatic heterocycles. The number of nitrogens with zero attached hydrogens (tertiary/aromatic N) is 1. The molecule has 0 bridgehead atoms. The van der Waals surface area contributed by atoms with E-state index in [-0.39, 0.29) is 5.91 Å². The van der Waals surface area contributed by atoms with Crippen LogP contribution in [0.25, 0.3) is 10.2 Å². The van der Waals surface area contributed by atoms with Gasteiger partial charge in [-0.3, -0.25) is 4.79 Å². The van der Waals surface area contributed by atoms with Gasteiger partial charge in [0.2, 0.25) is 0 Å². The van der Waals surface area contributed by atoms with Crippen molar-refractivity contribution in [3.8, 4) is 0 Å². The molecule has 5 nitrogen and oxygen atoms in total. The smallest absolute Gasteiger partial charge is 0.255 e. The van der Waals surface area contributed by atoms with Crippen molar-refractivity contribution in [3.63, 3.8) is 0 Å². The van der Waals surface area contributed by atoms with E-state index in [2.05, 4.69) is 33.8 Å². The van der Waals surface area contributed by atoms with Gasteiger partial charge in [0.15, 0.2) is 0 Å². The molecule has 4 aromatic rings. The zero-order valence-electron chi connectivity index (χ0n) is 15.4. The number of aromatic nitrogens is 1. The van der Waals surface area contributed by atoms with Gasteiger partial charge < -0.3 is 16.4 Å². The molecule has 1 amide bonds. The topological polar surface area (TPSA) is 80.0 Å². The second kappa shape index (κ2) is 7.70. The van der Waals surface area contributed by atoms with Crippen molar-refractivity contribution < 1.29 is 4.79 Å². The van der Waals surface area contributed by atoms with Gasteiger partial charge in [-0.2, -0.15) is 0 Å². The molecule has 1 heterocycles. The fourth-order valence-electron chi connectivity index (χ4n) is 2.94. The van der Waals surface area contributed by atoms with E-state index >= 15 is 0 Å². The summed E-state index contributed by atoms with van der Waals surface area (Å²) in [7, 11) is 0. The number of anilines is 3. The highest BCUT2D eigenvalue weighted by molar-refractivity contribution is 7.18. The monoisotopic (exact) mass is 388 g/mol. The van der Waals surface area contributed by atoms with Crippen LogP contribution in [-0.2, 0) is 6.54 Å². The van der Waals surface area contributed by atoms with Gasteiger partial charge in [0.1, 0.15) is 0 Å². The summed E-state index contributed by atoms with van der Waals surface area (Å²) in [6.45, 7) is 2.68. The number of nitrogens with two attached hydrogens (primary N) is 1. The van der Waals surface area contributed by atoms with Gasteiger partial charge in [-0.15, -0.1) is 11.3 Å². The van der Waals surface area contributed by atoms with Crippen molar-refractivity contribution in [1.82, 2.24) is 4.98 Å². The van der Waals surface area contributed by atoms with Crippen molar-refractivity contribution in [3.05, 3.63) is 82.9 Å². The van der Waals surface area contributed by atoms with Crippen LogP contribution in [0, 0.1) is 6.92 Å². The molecule has 140 valence electrons. The average Bonchev–Trinajstić information content (AvgIpc) is 3.07. The van der Waals surface area contributed by atoms with Crippen LogP contribution in [0.15, 0.2) is 66.7 Å². The Kier molecular flexibility index (Phi) is 4.95. The van der Waals surface area contributed by atoms with Crippen molar-refractivity contribution >= 4 is 44.5 Å². The number of rotatable bonds is 5. The molecule has 0 aliphatic carbocycles. The minimum atomic E-state index is -0.179. The van der Waals surface area contributed by atoms with Gasteiger partial charge in [-0.1, -0.05) is 24.3 Å². The van der Waals surface area contributed by atoms with Crippen molar-refractivity contribution in [1.29, 1.82) is 0 Å². The number of hydrogen-bond acceptors (Lipinski definition) is 5. The maximum absolute atomic E-state index is 12.4. The molecule has 6 heteroatoms. The number of carbonyl (C=O) groups excluding carboxylic acids is 1. The summed E-state index contributed by atoms with van der Waals surface area (Å²) < 4.78 is 1.19. The lowest BCUT2D eigenvalue weighted by Gasteiger charge is -2.09. The van der Waals surface area contributed by atoms with Crippen LogP contribution in [0.4, 0.5) is 17.1 Å². The maximum Gasteiger partial charge on any atom is 0.255 e. The molecule has 3 aromatic carbocycles. The fraction of sp³-hybridized carbons (Fsp3) is 0.0909. The number of amides is 1. The van der Waals surface area contributed by atoms with Crippen molar-refractivity contribution in [2.45, 2.75) is 13.5 Å². The number of benzene rings is 3. The van der Waals surface area contributed by atoms with E-state index in [0.29, 0.717) is 23.5 Å². The average molecular weight is 388 g/mol. The van der Waals surface area contributed by atoms with Crippen LogP contribution in [0.1, 0.15) is 20.9 Å². The highest BCUT2D eigenvalue weighted by atomic mass is 32.1. The quantitative estimate of drug-likeness (QED) is 0.418. The highest BCUT2D eigenvalue weighted by Gasteiger charge is 2.08. The lowest BCUT2D eigenvalue weighted by molar-refractivity contribution is 0.102. The molecule has 0 unspecified atom stereocenters. The van der Waals surface area contributed by atoms with Gasteiger partial charge in [-0.25, -0.2) is 4.98 Å². The van der Waals surface area contributed by atoms with E-state index in [4.69, 9.17) is 5.73 Å². The van der Waals surface area contributed by atoms with Crippen LogP contribution in [0.2, 0.25) is 0 Å². The molecule has 0 saturated heterocycles. The minimum Gasteiger partial charge on any atom is -0.397 e. The Morgan fingerprint density at radius 2 is 1.86 bits per heavy atom. The maximum atomic E-state index is 12.4. The second-order valence-electron chi connectivity index (χ2n) is 6.51. The Labute approximate surface area is 167 Å². The predicted octanol–water partition coefficient (Wildman–Crippen LogP) is 5.05. The first-order valence-corrected chi connectivity index (χ1v) is 9.76. The van der Waals surface area contributed by atoms with Gasteiger partial charge in [0, 0.05) is 17.8 Å².